The van der Waals surface area contributed by atoms with Crippen LogP contribution in [0.3, 0.4) is 0 Å². The molecular weight excluding hydrogens is 270 g/mol. The van der Waals surface area contributed by atoms with Crippen LogP contribution in [0.2, 0.25) is 0 Å². The van der Waals surface area contributed by atoms with Crippen molar-refractivity contribution in [2.45, 2.75) is 31.8 Å². The summed E-state index contributed by atoms with van der Waals surface area (Å²) in [6.07, 6.45) is 1.17. The van der Waals surface area contributed by atoms with Gasteiger partial charge in [-0.25, -0.2) is 13.2 Å². The summed E-state index contributed by atoms with van der Waals surface area (Å²) in [5.74, 6) is -0.228. The van der Waals surface area contributed by atoms with Gasteiger partial charge in [-0.1, -0.05) is 0 Å². The van der Waals surface area contributed by atoms with E-state index < -0.39 is 15.8 Å². The van der Waals surface area contributed by atoms with Gasteiger partial charge in [-0.15, -0.1) is 0 Å². The van der Waals surface area contributed by atoms with E-state index in [0.29, 0.717) is 18.6 Å². The number of rotatable bonds is 4. The lowest BCUT2D eigenvalue weighted by Gasteiger charge is -2.25. The van der Waals surface area contributed by atoms with Crippen LogP contribution in [-0.4, -0.2) is 37.0 Å². The summed E-state index contributed by atoms with van der Waals surface area (Å²) in [5.41, 5.74) is 0. The number of sulfone groups is 1. The number of nitrogens with one attached hydrogen (secondary N) is 1. The van der Waals surface area contributed by atoms with Crippen molar-refractivity contribution in [3.8, 4) is 0 Å². The molecule has 1 aromatic heterocycles. The van der Waals surface area contributed by atoms with Gasteiger partial charge in [-0.2, -0.15) is 0 Å². The highest BCUT2D eigenvalue weighted by Gasteiger charge is 2.25. The first-order valence-electron chi connectivity index (χ1n) is 6.17. The minimum Gasteiger partial charge on any atom is -0.475 e. The van der Waals surface area contributed by atoms with E-state index >= 15 is 0 Å². The number of hydrogen-bond donors (Lipinski definition) is 2. The SMILES string of the molecule is CC(NC1CCS(=O)(=O)CC1)c1ccc(C(=O)O)o1. The third-order valence-electron chi connectivity index (χ3n) is 3.30. The molecule has 0 bridgehead atoms. The maximum Gasteiger partial charge on any atom is 0.371 e. The second-order valence-electron chi connectivity index (χ2n) is 4.82. The van der Waals surface area contributed by atoms with E-state index in [0.717, 1.165) is 0 Å². The maximum absolute atomic E-state index is 11.3. The predicted octanol–water partition coefficient (Wildman–Crippen LogP) is 1.21. The summed E-state index contributed by atoms with van der Waals surface area (Å²) in [6.45, 7) is 1.87. The van der Waals surface area contributed by atoms with Crippen LogP contribution >= 0.6 is 0 Å². The van der Waals surface area contributed by atoms with Gasteiger partial charge in [0, 0.05) is 6.04 Å². The molecule has 0 saturated carbocycles. The molecule has 1 aromatic rings. The van der Waals surface area contributed by atoms with E-state index in [1.165, 1.54) is 6.07 Å². The van der Waals surface area contributed by atoms with Crippen LogP contribution in [0.25, 0.3) is 0 Å². The normalized spacial score (nSPS) is 21.1. The van der Waals surface area contributed by atoms with Crippen molar-refractivity contribution in [1.29, 1.82) is 0 Å². The molecule has 0 radical (unpaired) electrons. The van der Waals surface area contributed by atoms with E-state index in [-0.39, 0.29) is 29.3 Å². The van der Waals surface area contributed by atoms with Gasteiger partial charge in [0.2, 0.25) is 5.76 Å². The Morgan fingerprint density at radius 2 is 2.05 bits per heavy atom. The van der Waals surface area contributed by atoms with Crippen LogP contribution in [0.1, 0.15) is 42.1 Å². The Hall–Kier alpha value is -1.34. The fraction of sp³-hybridized carbons (Fsp3) is 0.583. The molecule has 1 aliphatic rings. The summed E-state index contributed by atoms with van der Waals surface area (Å²) < 4.78 is 27.8. The summed E-state index contributed by atoms with van der Waals surface area (Å²) in [5, 5.41) is 12.1. The number of aromatic carboxylic acids is 1. The largest absolute Gasteiger partial charge is 0.475 e. The van der Waals surface area contributed by atoms with Gasteiger partial charge in [0.1, 0.15) is 15.6 Å². The zero-order valence-electron chi connectivity index (χ0n) is 10.6. The van der Waals surface area contributed by atoms with Crippen molar-refractivity contribution in [1.82, 2.24) is 5.32 Å². The number of furan rings is 1. The van der Waals surface area contributed by atoms with Crippen molar-refractivity contribution in [2.24, 2.45) is 0 Å². The zero-order valence-corrected chi connectivity index (χ0v) is 11.4. The minimum atomic E-state index is -2.86. The van der Waals surface area contributed by atoms with Gasteiger partial charge in [0.15, 0.2) is 0 Å². The average Bonchev–Trinajstić information content (AvgIpc) is 2.81. The molecule has 2 rings (SSSR count). The molecule has 2 heterocycles. The highest BCUT2D eigenvalue weighted by atomic mass is 32.2. The third-order valence-corrected chi connectivity index (χ3v) is 5.02. The zero-order chi connectivity index (χ0) is 14.0. The Balaban J connectivity index is 1.94. The molecule has 6 nitrogen and oxygen atoms in total. The lowest BCUT2D eigenvalue weighted by atomic mass is 10.1. The molecule has 1 aliphatic heterocycles. The Labute approximate surface area is 111 Å². The second-order valence-corrected chi connectivity index (χ2v) is 7.13. The first-order valence-corrected chi connectivity index (χ1v) is 7.99. The molecule has 1 atom stereocenters. The molecule has 106 valence electrons. The van der Waals surface area contributed by atoms with Gasteiger partial charge in [0.25, 0.3) is 0 Å². The monoisotopic (exact) mass is 287 g/mol. The molecule has 2 N–H and O–H groups in total. The Kier molecular flexibility index (Phi) is 3.96. The van der Waals surface area contributed by atoms with E-state index in [2.05, 4.69) is 5.32 Å². The van der Waals surface area contributed by atoms with Crippen molar-refractivity contribution < 1.29 is 22.7 Å². The van der Waals surface area contributed by atoms with Crippen LogP contribution in [0.4, 0.5) is 0 Å². The lowest BCUT2D eigenvalue weighted by Crippen LogP contribution is -2.38. The predicted molar refractivity (Wildman–Crippen MR) is 68.9 cm³/mol. The molecular formula is C12H17NO5S. The fourth-order valence-electron chi connectivity index (χ4n) is 2.19. The quantitative estimate of drug-likeness (QED) is 0.864. The van der Waals surface area contributed by atoms with Gasteiger partial charge >= 0.3 is 5.97 Å². The van der Waals surface area contributed by atoms with Crippen LogP contribution < -0.4 is 5.32 Å². The molecule has 1 saturated heterocycles. The fourth-order valence-corrected chi connectivity index (χ4v) is 3.68. The average molecular weight is 287 g/mol. The number of carboxylic acid groups (broad SMARTS) is 1. The highest BCUT2D eigenvalue weighted by molar-refractivity contribution is 7.91. The van der Waals surface area contributed by atoms with Gasteiger partial charge < -0.3 is 14.8 Å². The molecule has 0 amide bonds. The molecule has 19 heavy (non-hydrogen) atoms. The van der Waals surface area contributed by atoms with Gasteiger partial charge in [-0.05, 0) is 31.9 Å². The minimum absolute atomic E-state index is 0.0881. The summed E-state index contributed by atoms with van der Waals surface area (Å²) in [4.78, 5) is 10.7. The van der Waals surface area contributed by atoms with Crippen LogP contribution in [0, 0.1) is 0 Å². The first kappa shape index (κ1) is 14.1. The smallest absolute Gasteiger partial charge is 0.371 e. The third kappa shape index (κ3) is 3.57. The van der Waals surface area contributed by atoms with Crippen LogP contribution in [0.15, 0.2) is 16.5 Å². The molecule has 1 unspecified atom stereocenters. The van der Waals surface area contributed by atoms with Gasteiger partial charge in [0.05, 0.1) is 17.5 Å². The summed E-state index contributed by atoms with van der Waals surface area (Å²) >= 11 is 0. The highest BCUT2D eigenvalue weighted by Crippen LogP contribution is 2.20. The van der Waals surface area contributed by atoms with Crippen molar-refractivity contribution in [3.63, 3.8) is 0 Å². The standard InChI is InChI=1S/C12H17NO5S/c1-8(10-2-3-11(18-10)12(14)15)13-9-4-6-19(16,17)7-5-9/h2-3,8-9,13H,4-7H2,1H3,(H,14,15). The second kappa shape index (κ2) is 5.34. The van der Waals surface area contributed by atoms with E-state index in [4.69, 9.17) is 9.52 Å². The lowest BCUT2D eigenvalue weighted by molar-refractivity contribution is 0.0659. The molecule has 0 aromatic carbocycles. The first-order chi connectivity index (χ1) is 8.87. The van der Waals surface area contributed by atoms with Crippen molar-refractivity contribution in [2.75, 3.05) is 11.5 Å². The Morgan fingerprint density at radius 3 is 2.58 bits per heavy atom. The molecule has 0 aliphatic carbocycles. The van der Waals surface area contributed by atoms with Crippen LogP contribution in [0.5, 0.6) is 0 Å². The molecule has 7 heteroatoms. The van der Waals surface area contributed by atoms with Crippen molar-refractivity contribution in [3.05, 3.63) is 23.7 Å². The summed E-state index contributed by atoms with van der Waals surface area (Å²) in [7, 11) is -2.86. The topological polar surface area (TPSA) is 96.6 Å². The van der Waals surface area contributed by atoms with Gasteiger partial charge in [-0.3, -0.25) is 0 Å². The maximum atomic E-state index is 11.3. The Bertz CT molecular complexity index is 548. The molecule has 1 fully saturated rings. The number of hydrogen-bond acceptors (Lipinski definition) is 5. The number of carboxylic acids is 1. The van der Waals surface area contributed by atoms with E-state index in [9.17, 15) is 13.2 Å². The summed E-state index contributed by atoms with van der Waals surface area (Å²) in [6, 6.07) is 3.03. The molecule has 0 spiro atoms. The van der Waals surface area contributed by atoms with E-state index in [1.807, 2.05) is 6.92 Å². The van der Waals surface area contributed by atoms with Crippen molar-refractivity contribution >= 4 is 15.8 Å². The van der Waals surface area contributed by atoms with Crippen LogP contribution in [-0.2, 0) is 9.84 Å². The number of carbonyl (C=O) groups is 1. The Morgan fingerprint density at radius 1 is 1.42 bits per heavy atom. The van der Waals surface area contributed by atoms with E-state index in [1.54, 1.807) is 6.07 Å².